The van der Waals surface area contributed by atoms with Gasteiger partial charge in [-0.05, 0) is 49.2 Å². The van der Waals surface area contributed by atoms with Crippen molar-refractivity contribution in [2.75, 3.05) is 12.4 Å². The van der Waals surface area contributed by atoms with Crippen LogP contribution in [0.4, 0.5) is 11.4 Å². The van der Waals surface area contributed by atoms with Crippen LogP contribution in [0.15, 0.2) is 36.4 Å². The van der Waals surface area contributed by atoms with Crippen molar-refractivity contribution >= 4 is 23.0 Å². The van der Waals surface area contributed by atoms with Crippen molar-refractivity contribution in [3.8, 4) is 5.75 Å². The van der Waals surface area contributed by atoms with Gasteiger partial charge in [0.1, 0.15) is 5.75 Å². The third-order valence-corrected chi connectivity index (χ3v) is 2.84. The first-order chi connectivity index (χ1) is 8.56. The van der Waals surface area contributed by atoms with Gasteiger partial charge in [-0.25, -0.2) is 0 Å². The van der Waals surface area contributed by atoms with E-state index in [4.69, 9.17) is 16.3 Å². The zero-order chi connectivity index (χ0) is 13.1. The lowest BCUT2D eigenvalue weighted by Crippen LogP contribution is -1.93. The van der Waals surface area contributed by atoms with Gasteiger partial charge in [0.25, 0.3) is 0 Å². The molecule has 18 heavy (non-hydrogen) atoms. The summed E-state index contributed by atoms with van der Waals surface area (Å²) in [7, 11) is 1.63. The molecule has 0 spiro atoms. The molecular weight excluding hydrogens is 246 g/mol. The van der Waals surface area contributed by atoms with E-state index in [1.54, 1.807) is 13.2 Å². The quantitative estimate of drug-likeness (QED) is 0.864. The van der Waals surface area contributed by atoms with Crippen LogP contribution in [0, 0.1) is 13.8 Å². The number of hydrogen-bond donors (Lipinski definition) is 1. The Morgan fingerprint density at radius 1 is 0.889 bits per heavy atom. The molecule has 0 unspecified atom stereocenters. The zero-order valence-corrected chi connectivity index (χ0v) is 11.5. The normalized spacial score (nSPS) is 10.2. The first-order valence-corrected chi connectivity index (χ1v) is 6.14. The third kappa shape index (κ3) is 3.17. The maximum Gasteiger partial charge on any atom is 0.122 e. The highest BCUT2D eigenvalue weighted by atomic mass is 35.5. The van der Waals surface area contributed by atoms with Crippen LogP contribution in [0.2, 0.25) is 5.02 Å². The number of hydrogen-bond acceptors (Lipinski definition) is 2. The Morgan fingerprint density at radius 3 is 2.11 bits per heavy atom. The Hall–Kier alpha value is -1.67. The van der Waals surface area contributed by atoms with Crippen LogP contribution in [0.5, 0.6) is 5.75 Å². The van der Waals surface area contributed by atoms with E-state index in [2.05, 4.69) is 37.4 Å². The second-order valence-corrected chi connectivity index (χ2v) is 4.82. The molecule has 0 fully saturated rings. The van der Waals surface area contributed by atoms with Gasteiger partial charge in [-0.2, -0.15) is 0 Å². The molecule has 0 aliphatic rings. The molecule has 2 rings (SSSR count). The fourth-order valence-electron chi connectivity index (χ4n) is 1.97. The third-order valence-electron chi connectivity index (χ3n) is 2.62. The molecule has 0 bridgehead atoms. The summed E-state index contributed by atoms with van der Waals surface area (Å²) in [6, 6.07) is 11.9. The number of nitrogens with one attached hydrogen (secondary N) is 1. The fraction of sp³-hybridized carbons (Fsp3) is 0.200. The minimum atomic E-state index is 0.654. The van der Waals surface area contributed by atoms with Gasteiger partial charge >= 0.3 is 0 Å². The van der Waals surface area contributed by atoms with Crippen molar-refractivity contribution in [2.24, 2.45) is 0 Å². The van der Waals surface area contributed by atoms with Gasteiger partial charge < -0.3 is 10.1 Å². The number of benzene rings is 2. The molecule has 94 valence electrons. The van der Waals surface area contributed by atoms with Crippen molar-refractivity contribution in [1.29, 1.82) is 0 Å². The van der Waals surface area contributed by atoms with Crippen molar-refractivity contribution in [1.82, 2.24) is 0 Å². The molecule has 0 saturated heterocycles. The van der Waals surface area contributed by atoms with Gasteiger partial charge in [0.2, 0.25) is 0 Å². The van der Waals surface area contributed by atoms with E-state index in [1.807, 2.05) is 12.1 Å². The van der Waals surface area contributed by atoms with Crippen LogP contribution in [0.25, 0.3) is 0 Å². The number of ether oxygens (including phenoxy) is 1. The largest absolute Gasteiger partial charge is 0.497 e. The van der Waals surface area contributed by atoms with Gasteiger partial charge in [-0.15, -0.1) is 0 Å². The summed E-state index contributed by atoms with van der Waals surface area (Å²) in [6.45, 7) is 4.16. The number of methoxy groups -OCH3 is 1. The molecule has 3 heteroatoms. The molecule has 0 radical (unpaired) electrons. The lowest BCUT2D eigenvalue weighted by atomic mass is 10.1. The van der Waals surface area contributed by atoms with E-state index in [-0.39, 0.29) is 0 Å². The van der Waals surface area contributed by atoms with Crippen molar-refractivity contribution in [2.45, 2.75) is 13.8 Å². The average molecular weight is 262 g/mol. The lowest BCUT2D eigenvalue weighted by Gasteiger charge is -2.10. The Bertz CT molecular complexity index is 546. The Labute approximate surface area is 113 Å². The molecule has 0 aliphatic carbocycles. The molecular formula is C15H16ClNO. The Morgan fingerprint density at radius 2 is 1.50 bits per heavy atom. The van der Waals surface area contributed by atoms with Gasteiger partial charge in [-0.1, -0.05) is 17.7 Å². The van der Waals surface area contributed by atoms with Crippen LogP contribution in [-0.4, -0.2) is 7.11 Å². The van der Waals surface area contributed by atoms with Crippen molar-refractivity contribution in [3.05, 3.63) is 52.5 Å². The summed E-state index contributed by atoms with van der Waals surface area (Å²) in [5.74, 6) is 0.745. The molecule has 0 heterocycles. The zero-order valence-electron chi connectivity index (χ0n) is 10.8. The molecule has 2 aromatic carbocycles. The fourth-order valence-corrected chi connectivity index (χ4v) is 2.19. The van der Waals surface area contributed by atoms with Crippen LogP contribution in [0.1, 0.15) is 11.1 Å². The average Bonchev–Trinajstić information content (AvgIpc) is 2.26. The smallest absolute Gasteiger partial charge is 0.122 e. The highest BCUT2D eigenvalue weighted by Gasteiger charge is 2.01. The van der Waals surface area contributed by atoms with E-state index >= 15 is 0 Å². The predicted octanol–water partition coefficient (Wildman–Crippen LogP) is 4.71. The van der Waals surface area contributed by atoms with Crippen LogP contribution in [-0.2, 0) is 0 Å². The van der Waals surface area contributed by atoms with Gasteiger partial charge in [-0.3, -0.25) is 0 Å². The van der Waals surface area contributed by atoms with Crippen molar-refractivity contribution in [3.63, 3.8) is 0 Å². The first-order valence-electron chi connectivity index (χ1n) is 5.77. The number of anilines is 2. The summed E-state index contributed by atoms with van der Waals surface area (Å²) in [4.78, 5) is 0. The standard InChI is InChI=1S/C15H16ClNO/c1-10-4-11(2)6-13(5-10)17-14-7-12(16)8-15(9-14)18-3/h4-9,17H,1-3H3. The molecule has 2 aromatic rings. The minimum absolute atomic E-state index is 0.654. The van der Waals surface area contributed by atoms with Crippen molar-refractivity contribution < 1.29 is 4.74 Å². The molecule has 0 atom stereocenters. The summed E-state index contributed by atoms with van der Waals surface area (Å²) >= 11 is 6.04. The van der Waals surface area contributed by atoms with E-state index in [0.29, 0.717) is 5.02 Å². The molecule has 2 nitrogen and oxygen atoms in total. The predicted molar refractivity (Wildman–Crippen MR) is 77.2 cm³/mol. The molecule has 0 amide bonds. The number of aryl methyl sites for hydroxylation is 2. The summed E-state index contributed by atoms with van der Waals surface area (Å²) in [5.41, 5.74) is 4.43. The van der Waals surface area contributed by atoms with Crippen LogP contribution < -0.4 is 10.1 Å². The number of halogens is 1. The highest BCUT2D eigenvalue weighted by molar-refractivity contribution is 6.31. The van der Waals surface area contributed by atoms with E-state index in [1.165, 1.54) is 11.1 Å². The first kappa shape index (κ1) is 12.8. The highest BCUT2D eigenvalue weighted by Crippen LogP contribution is 2.27. The Kier molecular flexibility index (Phi) is 3.78. The second-order valence-electron chi connectivity index (χ2n) is 4.38. The Balaban J connectivity index is 2.30. The molecule has 1 N–H and O–H groups in total. The summed E-state index contributed by atoms with van der Waals surface area (Å²) in [5, 5.41) is 3.99. The van der Waals surface area contributed by atoms with Gasteiger partial charge in [0, 0.05) is 22.5 Å². The van der Waals surface area contributed by atoms with Gasteiger partial charge in [0.15, 0.2) is 0 Å². The van der Waals surface area contributed by atoms with Crippen LogP contribution >= 0.6 is 11.6 Å². The number of rotatable bonds is 3. The SMILES string of the molecule is COc1cc(Cl)cc(Nc2cc(C)cc(C)c2)c1. The van der Waals surface area contributed by atoms with E-state index < -0.39 is 0 Å². The van der Waals surface area contributed by atoms with E-state index in [0.717, 1.165) is 17.1 Å². The summed E-state index contributed by atoms with van der Waals surface area (Å²) < 4.78 is 5.20. The lowest BCUT2D eigenvalue weighted by molar-refractivity contribution is 0.415. The minimum Gasteiger partial charge on any atom is -0.497 e. The molecule has 0 aromatic heterocycles. The molecule has 0 aliphatic heterocycles. The monoisotopic (exact) mass is 261 g/mol. The topological polar surface area (TPSA) is 21.3 Å². The second kappa shape index (κ2) is 5.32. The van der Waals surface area contributed by atoms with E-state index in [9.17, 15) is 0 Å². The maximum atomic E-state index is 6.04. The molecule has 0 saturated carbocycles. The van der Waals surface area contributed by atoms with Crippen LogP contribution in [0.3, 0.4) is 0 Å². The maximum absolute atomic E-state index is 6.04. The van der Waals surface area contributed by atoms with Gasteiger partial charge in [0.05, 0.1) is 7.11 Å². The summed E-state index contributed by atoms with van der Waals surface area (Å²) in [6.07, 6.45) is 0.